The van der Waals surface area contributed by atoms with Crippen molar-refractivity contribution in [2.45, 2.75) is 16.7 Å². The zero-order valence-electron chi connectivity index (χ0n) is 12.5. The average molecular weight is 452 g/mol. The molecule has 0 saturated carbocycles. The first kappa shape index (κ1) is 19.3. The molecule has 0 aliphatic heterocycles. The number of aromatic carboxylic acids is 1. The Hall–Kier alpha value is -1.98. The summed E-state index contributed by atoms with van der Waals surface area (Å²) in [6.45, 7) is 1.54. The zero-order chi connectivity index (χ0) is 19.0. The Morgan fingerprint density at radius 1 is 1.12 bits per heavy atom. The number of rotatable bonds is 5. The second kappa shape index (κ2) is 6.73. The zero-order valence-corrected chi connectivity index (χ0v) is 15.7. The third kappa shape index (κ3) is 4.35. The molecular formula is C14H11BrFNO6S2. The first-order valence-electron chi connectivity index (χ1n) is 6.53. The van der Waals surface area contributed by atoms with E-state index in [2.05, 4.69) is 20.7 Å². The molecule has 0 saturated heterocycles. The summed E-state index contributed by atoms with van der Waals surface area (Å²) in [6.07, 6.45) is 0. The van der Waals surface area contributed by atoms with Gasteiger partial charge in [-0.2, -0.15) is 8.42 Å². The molecule has 0 spiro atoms. The van der Waals surface area contributed by atoms with Crippen LogP contribution in [0, 0.1) is 6.92 Å². The minimum atomic E-state index is -5.07. The van der Waals surface area contributed by atoms with Crippen LogP contribution < -0.4 is 4.72 Å². The lowest BCUT2D eigenvalue weighted by Crippen LogP contribution is -2.14. The number of hydrogen-bond acceptors (Lipinski definition) is 5. The van der Waals surface area contributed by atoms with Crippen LogP contribution in [0.5, 0.6) is 0 Å². The van der Waals surface area contributed by atoms with E-state index in [1.54, 1.807) is 6.92 Å². The average Bonchev–Trinajstić information content (AvgIpc) is 2.49. The summed E-state index contributed by atoms with van der Waals surface area (Å²) in [5.41, 5.74) is 0.233. The fraction of sp³-hybridized carbons (Fsp3) is 0.0714. The fourth-order valence-corrected chi connectivity index (χ4v) is 4.10. The molecule has 2 aromatic carbocycles. The normalized spacial score (nSPS) is 12.0. The fourth-order valence-electron chi connectivity index (χ4n) is 1.97. The maximum absolute atomic E-state index is 13.0. The molecule has 0 bridgehead atoms. The summed E-state index contributed by atoms with van der Waals surface area (Å²) >= 11 is 3.14. The molecule has 2 rings (SSSR count). The highest BCUT2D eigenvalue weighted by Gasteiger charge is 2.20. The van der Waals surface area contributed by atoms with Crippen LogP contribution in [0.2, 0.25) is 0 Å². The Morgan fingerprint density at radius 3 is 2.28 bits per heavy atom. The van der Waals surface area contributed by atoms with E-state index in [9.17, 15) is 25.5 Å². The van der Waals surface area contributed by atoms with Crippen molar-refractivity contribution in [3.63, 3.8) is 0 Å². The van der Waals surface area contributed by atoms with Crippen molar-refractivity contribution in [3.05, 3.63) is 52.0 Å². The molecule has 0 amide bonds. The highest BCUT2D eigenvalue weighted by molar-refractivity contribution is 9.10. The highest BCUT2D eigenvalue weighted by atomic mass is 79.9. The maximum atomic E-state index is 13.0. The van der Waals surface area contributed by atoms with E-state index < -0.39 is 36.0 Å². The van der Waals surface area contributed by atoms with Gasteiger partial charge in [-0.15, -0.1) is 3.89 Å². The number of carbonyl (C=O) groups is 1. The van der Waals surface area contributed by atoms with Crippen LogP contribution in [0.15, 0.2) is 50.7 Å². The maximum Gasteiger partial charge on any atom is 0.336 e. The van der Waals surface area contributed by atoms with E-state index >= 15 is 0 Å². The van der Waals surface area contributed by atoms with Gasteiger partial charge in [0.05, 0.1) is 21.0 Å². The van der Waals surface area contributed by atoms with E-state index in [0.29, 0.717) is 16.1 Å². The van der Waals surface area contributed by atoms with Crippen molar-refractivity contribution in [1.29, 1.82) is 0 Å². The van der Waals surface area contributed by atoms with E-state index in [1.165, 1.54) is 6.07 Å². The van der Waals surface area contributed by atoms with Gasteiger partial charge < -0.3 is 5.11 Å². The number of anilines is 1. The lowest BCUT2D eigenvalue weighted by atomic mass is 10.1. The van der Waals surface area contributed by atoms with Gasteiger partial charge in [-0.1, -0.05) is 22.0 Å². The van der Waals surface area contributed by atoms with Gasteiger partial charge >= 0.3 is 16.2 Å². The van der Waals surface area contributed by atoms with E-state index in [4.69, 9.17) is 5.11 Å². The third-order valence-corrected chi connectivity index (χ3v) is 6.24. The Bertz CT molecular complexity index is 1070. The Kier molecular flexibility index (Phi) is 5.21. The number of sulfonamides is 1. The smallest absolute Gasteiger partial charge is 0.336 e. The first-order valence-corrected chi connectivity index (χ1v) is 10.2. The molecule has 0 fully saturated rings. The van der Waals surface area contributed by atoms with Gasteiger partial charge in [0.25, 0.3) is 10.0 Å². The van der Waals surface area contributed by atoms with Crippen molar-refractivity contribution >= 4 is 47.8 Å². The van der Waals surface area contributed by atoms with Crippen LogP contribution >= 0.6 is 15.9 Å². The van der Waals surface area contributed by atoms with Gasteiger partial charge in [-0.05, 0) is 42.8 Å². The molecular weight excluding hydrogens is 441 g/mol. The summed E-state index contributed by atoms with van der Waals surface area (Å²) in [7, 11) is -9.33. The van der Waals surface area contributed by atoms with Crippen molar-refractivity contribution in [2.24, 2.45) is 0 Å². The molecule has 0 aromatic heterocycles. The van der Waals surface area contributed by atoms with Crippen molar-refractivity contribution in [3.8, 4) is 0 Å². The topological polar surface area (TPSA) is 118 Å². The predicted molar refractivity (Wildman–Crippen MR) is 91.4 cm³/mol. The summed E-state index contributed by atoms with van der Waals surface area (Å²) in [4.78, 5) is 9.92. The number of carboxylic acids is 1. The van der Waals surface area contributed by atoms with Gasteiger partial charge in [-0.25, -0.2) is 13.2 Å². The number of halogens is 2. The quantitative estimate of drug-likeness (QED) is 0.674. The van der Waals surface area contributed by atoms with Gasteiger partial charge in [0.2, 0.25) is 0 Å². The van der Waals surface area contributed by atoms with Crippen molar-refractivity contribution in [2.75, 3.05) is 4.72 Å². The molecule has 134 valence electrons. The Morgan fingerprint density at radius 2 is 1.72 bits per heavy atom. The molecule has 2 N–H and O–H groups in total. The predicted octanol–water partition coefficient (Wildman–Crippen LogP) is 2.91. The SMILES string of the molecule is Cc1c(Br)cc(NS(=O)(=O)c2cccc(S(=O)(=O)F)c2)cc1C(=O)O. The number of hydrogen-bond donors (Lipinski definition) is 2. The summed E-state index contributed by atoms with van der Waals surface area (Å²) < 4.78 is 62.1. The Balaban J connectivity index is 2.48. The molecule has 7 nitrogen and oxygen atoms in total. The standard InChI is InChI=1S/C14H11BrFNO6S2/c1-8-12(14(18)19)5-9(6-13(8)15)17-25(22,23)11-4-2-3-10(7-11)24(16,20)21/h2-7,17H,1H3,(H,18,19). The molecule has 2 aromatic rings. The van der Waals surface area contributed by atoms with Crippen LogP contribution in [-0.2, 0) is 20.2 Å². The molecule has 0 atom stereocenters. The summed E-state index contributed by atoms with van der Waals surface area (Å²) in [5, 5.41) is 9.15. The molecule has 0 unspecified atom stereocenters. The second-order valence-corrected chi connectivity index (χ2v) is 8.84. The number of carboxylic acid groups (broad SMARTS) is 1. The van der Waals surface area contributed by atoms with Crippen LogP contribution in [0.25, 0.3) is 0 Å². The number of benzene rings is 2. The van der Waals surface area contributed by atoms with Crippen molar-refractivity contribution < 1.29 is 30.6 Å². The molecule has 11 heteroatoms. The van der Waals surface area contributed by atoms with E-state index in [-0.39, 0.29) is 11.3 Å². The second-order valence-electron chi connectivity index (χ2n) is 4.95. The summed E-state index contributed by atoms with van der Waals surface area (Å²) in [5.74, 6) is -1.25. The minimum absolute atomic E-state index is 0.0524. The van der Waals surface area contributed by atoms with Crippen LogP contribution in [0.1, 0.15) is 15.9 Å². The molecule has 0 aliphatic rings. The van der Waals surface area contributed by atoms with E-state index in [1.807, 2.05) is 0 Å². The van der Waals surface area contributed by atoms with E-state index in [0.717, 1.165) is 24.3 Å². The van der Waals surface area contributed by atoms with Gasteiger partial charge in [0.15, 0.2) is 0 Å². The summed E-state index contributed by atoms with van der Waals surface area (Å²) in [6, 6.07) is 6.22. The number of nitrogens with one attached hydrogen (secondary N) is 1. The van der Waals surface area contributed by atoms with Gasteiger partial charge in [-0.3, -0.25) is 4.72 Å². The largest absolute Gasteiger partial charge is 0.478 e. The monoisotopic (exact) mass is 451 g/mol. The van der Waals surface area contributed by atoms with Gasteiger partial charge in [0.1, 0.15) is 0 Å². The van der Waals surface area contributed by atoms with Crippen LogP contribution in [0.4, 0.5) is 9.57 Å². The molecule has 0 aliphatic carbocycles. The minimum Gasteiger partial charge on any atom is -0.478 e. The third-order valence-electron chi connectivity index (χ3n) is 3.22. The van der Waals surface area contributed by atoms with Crippen LogP contribution in [-0.4, -0.2) is 27.9 Å². The molecule has 0 heterocycles. The first-order chi connectivity index (χ1) is 11.4. The Labute approximate surface area is 151 Å². The lowest BCUT2D eigenvalue weighted by molar-refractivity contribution is 0.0696. The van der Waals surface area contributed by atoms with Crippen molar-refractivity contribution in [1.82, 2.24) is 0 Å². The van der Waals surface area contributed by atoms with Gasteiger partial charge in [0, 0.05) is 4.47 Å². The van der Waals surface area contributed by atoms with Crippen LogP contribution in [0.3, 0.4) is 0 Å². The molecule has 0 radical (unpaired) electrons. The highest BCUT2D eigenvalue weighted by Crippen LogP contribution is 2.27. The lowest BCUT2D eigenvalue weighted by Gasteiger charge is -2.12. The molecule has 25 heavy (non-hydrogen) atoms.